The minimum absolute atomic E-state index is 0.0396. The number of rotatable bonds is 11. The fraction of sp³-hybridized carbons (Fsp3) is 0.118. The molecule has 0 spiro atoms. The lowest BCUT2D eigenvalue weighted by Gasteiger charge is -2.15. The number of fused-ring (bicyclic) bond motifs is 1. The number of imide groups is 1. The molecule has 0 saturated heterocycles. The van der Waals surface area contributed by atoms with Gasteiger partial charge in [0.25, 0.3) is 23.6 Å². The van der Waals surface area contributed by atoms with Gasteiger partial charge in [-0.3, -0.25) is 24.1 Å². The van der Waals surface area contributed by atoms with Gasteiger partial charge >= 0.3 is 0 Å². The third kappa shape index (κ3) is 6.84. The number of ether oxygens (including phenoxy) is 3. The minimum atomic E-state index is -0.587. The van der Waals surface area contributed by atoms with Crippen molar-refractivity contribution in [3.05, 3.63) is 119 Å². The van der Waals surface area contributed by atoms with Crippen molar-refractivity contribution in [2.75, 3.05) is 32.5 Å². The van der Waals surface area contributed by atoms with E-state index in [1.165, 1.54) is 44.1 Å². The fourth-order valence-electron chi connectivity index (χ4n) is 4.65. The van der Waals surface area contributed by atoms with Crippen LogP contribution in [0.1, 0.15) is 36.6 Å². The lowest BCUT2D eigenvalue weighted by atomic mass is 10.1. The van der Waals surface area contributed by atoms with Crippen molar-refractivity contribution in [1.29, 1.82) is 0 Å². The number of anilines is 1. The summed E-state index contributed by atoms with van der Waals surface area (Å²) in [6.07, 6.45) is 1.50. The highest BCUT2D eigenvalue weighted by atomic mass is 32.2. The van der Waals surface area contributed by atoms with Gasteiger partial charge < -0.3 is 24.8 Å². The maximum atomic E-state index is 13.6. The first-order valence-corrected chi connectivity index (χ1v) is 14.7. The Kier molecular flexibility index (Phi) is 9.49. The van der Waals surface area contributed by atoms with Gasteiger partial charge in [0.15, 0.2) is 11.5 Å². The van der Waals surface area contributed by atoms with Crippen molar-refractivity contribution in [3.8, 4) is 17.2 Å². The van der Waals surface area contributed by atoms with Crippen molar-refractivity contribution in [2.24, 2.45) is 0 Å². The van der Waals surface area contributed by atoms with E-state index in [2.05, 4.69) is 10.6 Å². The SMILES string of the molecule is COc1cc(/C=C(/NC(=O)c2ccccc2)C(=O)Nc2cccc(SCN3C(=O)c4ccccc4C3=O)c2)cc(OC)c1OC. The van der Waals surface area contributed by atoms with Gasteiger partial charge in [0, 0.05) is 16.1 Å². The standard InChI is InChI=1S/C34H29N3O7S/c1-42-28-17-21(18-29(43-2)30(28)44-3)16-27(36-31(38)22-10-5-4-6-11-22)32(39)35-23-12-9-13-24(19-23)45-20-37-33(40)25-14-7-8-15-26(25)34(37)41/h4-19H,20H2,1-3H3,(H,35,39)(H,36,38)/b27-16+. The van der Waals surface area contributed by atoms with Crippen LogP contribution in [0.3, 0.4) is 0 Å². The van der Waals surface area contributed by atoms with Crippen LogP contribution < -0.4 is 24.8 Å². The molecule has 2 N–H and O–H groups in total. The molecule has 4 aromatic carbocycles. The average Bonchev–Trinajstić information content (AvgIpc) is 3.31. The molecule has 45 heavy (non-hydrogen) atoms. The molecule has 1 aliphatic rings. The molecule has 10 nitrogen and oxygen atoms in total. The summed E-state index contributed by atoms with van der Waals surface area (Å²) in [6.45, 7) is 0. The molecule has 0 atom stereocenters. The Labute approximate surface area is 264 Å². The predicted octanol–water partition coefficient (Wildman–Crippen LogP) is 5.47. The van der Waals surface area contributed by atoms with Gasteiger partial charge in [-0.1, -0.05) is 36.4 Å². The third-order valence-corrected chi connectivity index (χ3v) is 7.83. The molecule has 1 aliphatic heterocycles. The zero-order valence-corrected chi connectivity index (χ0v) is 25.5. The first kappa shape index (κ1) is 30.9. The van der Waals surface area contributed by atoms with Crippen molar-refractivity contribution in [3.63, 3.8) is 0 Å². The second kappa shape index (κ2) is 13.8. The van der Waals surface area contributed by atoms with E-state index in [-0.39, 0.29) is 23.4 Å². The molecular weight excluding hydrogens is 594 g/mol. The molecule has 0 radical (unpaired) electrons. The summed E-state index contributed by atoms with van der Waals surface area (Å²) in [6, 6.07) is 25.5. The maximum absolute atomic E-state index is 13.6. The second-order valence-electron chi connectivity index (χ2n) is 9.68. The van der Waals surface area contributed by atoms with Gasteiger partial charge in [-0.2, -0.15) is 0 Å². The number of carbonyl (C=O) groups excluding carboxylic acids is 4. The summed E-state index contributed by atoms with van der Waals surface area (Å²) >= 11 is 1.28. The number of hydrogen-bond acceptors (Lipinski definition) is 8. The van der Waals surface area contributed by atoms with E-state index in [1.807, 2.05) is 6.07 Å². The van der Waals surface area contributed by atoms with Crippen LogP contribution >= 0.6 is 11.8 Å². The number of carbonyl (C=O) groups is 4. The van der Waals surface area contributed by atoms with Crippen LogP contribution in [0.25, 0.3) is 6.08 Å². The Balaban J connectivity index is 1.37. The molecule has 11 heteroatoms. The molecule has 1 heterocycles. The number of nitrogens with zero attached hydrogens (tertiary/aromatic N) is 1. The zero-order chi connectivity index (χ0) is 31.9. The average molecular weight is 624 g/mol. The summed E-state index contributed by atoms with van der Waals surface area (Å²) < 4.78 is 16.3. The van der Waals surface area contributed by atoms with Crippen molar-refractivity contribution in [1.82, 2.24) is 10.2 Å². The van der Waals surface area contributed by atoms with E-state index < -0.39 is 11.8 Å². The number of amides is 4. The van der Waals surface area contributed by atoms with Crippen molar-refractivity contribution < 1.29 is 33.4 Å². The number of nitrogens with one attached hydrogen (secondary N) is 2. The first-order valence-electron chi connectivity index (χ1n) is 13.7. The summed E-state index contributed by atoms with van der Waals surface area (Å²) in [5.41, 5.74) is 2.04. The molecule has 0 aromatic heterocycles. The van der Waals surface area contributed by atoms with E-state index in [0.717, 1.165) is 0 Å². The van der Waals surface area contributed by atoms with Crippen molar-refractivity contribution in [2.45, 2.75) is 4.90 Å². The lowest BCUT2D eigenvalue weighted by molar-refractivity contribution is -0.113. The van der Waals surface area contributed by atoms with E-state index >= 15 is 0 Å². The quantitative estimate of drug-likeness (QED) is 0.128. The molecule has 4 aromatic rings. The minimum Gasteiger partial charge on any atom is -0.493 e. The Hall–Kier alpha value is -5.55. The summed E-state index contributed by atoms with van der Waals surface area (Å²) in [7, 11) is 4.45. The fourth-order valence-corrected chi connectivity index (χ4v) is 5.55. The van der Waals surface area contributed by atoms with E-state index in [9.17, 15) is 19.2 Å². The molecular formula is C34H29N3O7S. The van der Waals surface area contributed by atoms with Crippen LogP contribution in [0.5, 0.6) is 17.2 Å². The highest BCUT2D eigenvalue weighted by Gasteiger charge is 2.34. The zero-order valence-electron chi connectivity index (χ0n) is 24.7. The van der Waals surface area contributed by atoms with Crippen LogP contribution in [0.4, 0.5) is 5.69 Å². The van der Waals surface area contributed by atoms with Crippen LogP contribution in [-0.4, -0.2) is 55.7 Å². The van der Waals surface area contributed by atoms with Crippen LogP contribution in [0.2, 0.25) is 0 Å². The topological polar surface area (TPSA) is 123 Å². The van der Waals surface area contributed by atoms with Gasteiger partial charge in [0.1, 0.15) is 5.70 Å². The Morgan fingerprint density at radius 3 is 2.00 bits per heavy atom. The monoisotopic (exact) mass is 623 g/mol. The van der Waals surface area contributed by atoms with Crippen LogP contribution in [-0.2, 0) is 4.79 Å². The number of thioether (sulfide) groups is 1. The molecule has 5 rings (SSSR count). The van der Waals surface area contributed by atoms with E-state index in [1.54, 1.807) is 84.9 Å². The van der Waals surface area contributed by atoms with Crippen LogP contribution in [0.15, 0.2) is 102 Å². The Bertz CT molecular complexity index is 1750. The highest BCUT2D eigenvalue weighted by molar-refractivity contribution is 7.99. The number of methoxy groups -OCH3 is 3. The van der Waals surface area contributed by atoms with E-state index in [4.69, 9.17) is 14.2 Å². The van der Waals surface area contributed by atoms with Gasteiger partial charge in [0.2, 0.25) is 5.75 Å². The van der Waals surface area contributed by atoms with Gasteiger partial charge in [0.05, 0.1) is 38.3 Å². The first-order chi connectivity index (χ1) is 21.8. The van der Waals surface area contributed by atoms with E-state index in [0.29, 0.717) is 50.1 Å². The third-order valence-electron chi connectivity index (χ3n) is 6.86. The molecule has 228 valence electrons. The smallest absolute Gasteiger partial charge is 0.272 e. The molecule has 0 saturated carbocycles. The normalized spacial score (nSPS) is 12.4. The summed E-state index contributed by atoms with van der Waals surface area (Å²) in [5.74, 6) is -0.521. The molecule has 0 aliphatic carbocycles. The van der Waals surface area contributed by atoms with Gasteiger partial charge in [-0.05, 0) is 66.2 Å². The second-order valence-corrected chi connectivity index (χ2v) is 10.7. The highest BCUT2D eigenvalue weighted by Crippen LogP contribution is 2.38. The molecule has 0 fully saturated rings. The van der Waals surface area contributed by atoms with Crippen molar-refractivity contribution >= 4 is 47.2 Å². The van der Waals surface area contributed by atoms with Crippen LogP contribution in [0, 0.1) is 0 Å². The molecule has 4 amide bonds. The lowest BCUT2D eigenvalue weighted by Crippen LogP contribution is -2.30. The molecule has 0 bridgehead atoms. The number of hydrogen-bond donors (Lipinski definition) is 2. The molecule has 0 unspecified atom stereocenters. The van der Waals surface area contributed by atoms with Gasteiger partial charge in [-0.25, -0.2) is 0 Å². The largest absolute Gasteiger partial charge is 0.493 e. The summed E-state index contributed by atoms with van der Waals surface area (Å²) in [4.78, 5) is 54.1. The van der Waals surface area contributed by atoms with Gasteiger partial charge in [-0.15, -0.1) is 11.8 Å². The Morgan fingerprint density at radius 2 is 1.40 bits per heavy atom. The Morgan fingerprint density at radius 1 is 0.778 bits per heavy atom. The maximum Gasteiger partial charge on any atom is 0.272 e. The predicted molar refractivity (Wildman–Crippen MR) is 171 cm³/mol. The summed E-state index contributed by atoms with van der Waals surface area (Å²) in [5, 5.41) is 5.54. The number of benzene rings is 4.